The second-order valence-corrected chi connectivity index (χ2v) is 6.79. The highest BCUT2D eigenvalue weighted by atomic mass is 16.2. The molecule has 23 heavy (non-hydrogen) atoms. The summed E-state index contributed by atoms with van der Waals surface area (Å²) in [4.78, 5) is 25.6. The van der Waals surface area contributed by atoms with Crippen molar-refractivity contribution in [2.75, 3.05) is 18.5 Å². The maximum Gasteiger partial charge on any atom is 0.227 e. The smallest absolute Gasteiger partial charge is 0.227 e. The number of anilines is 1. The second kappa shape index (κ2) is 7.16. The van der Waals surface area contributed by atoms with Crippen LogP contribution in [0.4, 0.5) is 5.69 Å². The molecular formula is C19H26N2O2. The lowest BCUT2D eigenvalue weighted by atomic mass is 9.88. The van der Waals surface area contributed by atoms with E-state index in [1.807, 2.05) is 13.1 Å². The van der Waals surface area contributed by atoms with E-state index in [-0.39, 0.29) is 17.7 Å². The molecule has 0 bridgehead atoms. The largest absolute Gasteiger partial charge is 0.356 e. The highest BCUT2D eigenvalue weighted by Crippen LogP contribution is 2.27. The Hall–Kier alpha value is -1.84. The first kappa shape index (κ1) is 16.0. The van der Waals surface area contributed by atoms with Gasteiger partial charge in [0.2, 0.25) is 11.8 Å². The molecule has 0 unspecified atom stereocenters. The molecule has 0 spiro atoms. The summed E-state index contributed by atoms with van der Waals surface area (Å²) in [5.74, 6) is 0.643. The molecular weight excluding hydrogens is 288 g/mol. The number of carbonyl (C=O) groups excluding carboxylic acids is 2. The molecule has 4 heteroatoms. The first-order valence-electron chi connectivity index (χ1n) is 8.81. The zero-order valence-electron chi connectivity index (χ0n) is 13.9. The molecule has 1 fully saturated rings. The van der Waals surface area contributed by atoms with Crippen molar-refractivity contribution < 1.29 is 9.59 Å². The average Bonchev–Trinajstić information content (AvgIpc) is 2.59. The molecule has 1 aliphatic heterocycles. The summed E-state index contributed by atoms with van der Waals surface area (Å²) < 4.78 is 0. The third kappa shape index (κ3) is 3.74. The maximum atomic E-state index is 12.1. The van der Waals surface area contributed by atoms with Crippen molar-refractivity contribution in [3.05, 3.63) is 29.3 Å². The van der Waals surface area contributed by atoms with Gasteiger partial charge in [0.25, 0.3) is 0 Å². The molecule has 0 atom stereocenters. The van der Waals surface area contributed by atoms with Crippen LogP contribution in [0.15, 0.2) is 18.2 Å². The third-order valence-electron chi connectivity index (χ3n) is 5.18. The minimum atomic E-state index is 0.185. The molecule has 1 aromatic rings. The Balaban J connectivity index is 1.53. The van der Waals surface area contributed by atoms with Gasteiger partial charge in [0.05, 0.1) is 0 Å². The molecule has 1 saturated carbocycles. The molecule has 0 radical (unpaired) electrons. The summed E-state index contributed by atoms with van der Waals surface area (Å²) in [7, 11) is 1.84. The topological polar surface area (TPSA) is 49.4 Å². The molecule has 1 aromatic carbocycles. The van der Waals surface area contributed by atoms with Crippen LogP contribution in [0.2, 0.25) is 0 Å². The Morgan fingerprint density at radius 1 is 1.22 bits per heavy atom. The lowest BCUT2D eigenvalue weighted by Crippen LogP contribution is -2.33. The summed E-state index contributed by atoms with van der Waals surface area (Å²) in [6.45, 7) is 0.697. The molecule has 2 aliphatic rings. The lowest BCUT2D eigenvalue weighted by Gasteiger charge is -2.26. The van der Waals surface area contributed by atoms with E-state index < -0.39 is 0 Å². The Morgan fingerprint density at radius 2 is 2.00 bits per heavy atom. The van der Waals surface area contributed by atoms with Crippen molar-refractivity contribution in [2.24, 2.45) is 5.92 Å². The highest BCUT2D eigenvalue weighted by molar-refractivity contribution is 5.95. The minimum absolute atomic E-state index is 0.185. The lowest BCUT2D eigenvalue weighted by molar-refractivity contribution is -0.125. The normalized spacial score (nSPS) is 18.7. The van der Waals surface area contributed by atoms with E-state index in [2.05, 4.69) is 17.4 Å². The van der Waals surface area contributed by atoms with Crippen molar-refractivity contribution in [1.29, 1.82) is 0 Å². The molecule has 0 saturated heterocycles. The number of rotatable bonds is 4. The average molecular weight is 314 g/mol. The van der Waals surface area contributed by atoms with Gasteiger partial charge in [0.1, 0.15) is 0 Å². The van der Waals surface area contributed by atoms with Gasteiger partial charge in [0, 0.05) is 31.6 Å². The van der Waals surface area contributed by atoms with Crippen molar-refractivity contribution in [2.45, 2.75) is 51.4 Å². The van der Waals surface area contributed by atoms with Crippen molar-refractivity contribution in [1.82, 2.24) is 5.32 Å². The fourth-order valence-electron chi connectivity index (χ4n) is 3.70. The first-order chi connectivity index (χ1) is 11.1. The zero-order valence-corrected chi connectivity index (χ0v) is 13.9. The van der Waals surface area contributed by atoms with Crippen molar-refractivity contribution in [3.63, 3.8) is 0 Å². The number of nitrogens with zero attached hydrogens (tertiary/aromatic N) is 1. The fourth-order valence-corrected chi connectivity index (χ4v) is 3.70. The molecule has 124 valence electrons. The molecule has 1 N–H and O–H groups in total. The van der Waals surface area contributed by atoms with Crippen molar-refractivity contribution >= 4 is 17.5 Å². The van der Waals surface area contributed by atoms with E-state index >= 15 is 0 Å². The molecule has 3 rings (SSSR count). The predicted molar refractivity (Wildman–Crippen MR) is 91.5 cm³/mol. The Kier molecular flexibility index (Phi) is 4.99. The molecule has 2 amide bonds. The number of amides is 2. The third-order valence-corrected chi connectivity index (χ3v) is 5.18. The Bertz CT molecular complexity index is 591. The van der Waals surface area contributed by atoms with E-state index in [0.717, 1.165) is 31.4 Å². The van der Waals surface area contributed by atoms with E-state index in [9.17, 15) is 9.59 Å². The number of nitrogens with one attached hydrogen (secondary N) is 1. The van der Waals surface area contributed by atoms with E-state index in [1.54, 1.807) is 4.90 Å². The second-order valence-electron chi connectivity index (χ2n) is 6.79. The number of fused-ring (bicyclic) bond motifs is 1. The fraction of sp³-hybridized carbons (Fsp3) is 0.579. The number of hydrogen-bond donors (Lipinski definition) is 1. The summed E-state index contributed by atoms with van der Waals surface area (Å²) >= 11 is 0. The Morgan fingerprint density at radius 3 is 2.78 bits per heavy atom. The maximum absolute atomic E-state index is 12.1. The van der Waals surface area contributed by atoms with Crippen LogP contribution < -0.4 is 10.2 Å². The van der Waals surface area contributed by atoms with E-state index in [0.29, 0.717) is 13.0 Å². The Labute approximate surface area is 138 Å². The molecule has 1 heterocycles. The standard InChI is InChI=1S/C19H26N2O2/c1-21-17-9-7-14(13-16(17)8-10-18(21)22)11-12-20-19(23)15-5-3-2-4-6-15/h7,9,13,15H,2-6,8,10-12H2,1H3,(H,20,23). The van der Waals surface area contributed by atoms with Gasteiger partial charge in [-0.1, -0.05) is 31.4 Å². The van der Waals surface area contributed by atoms with Crippen LogP contribution in [0.3, 0.4) is 0 Å². The quantitative estimate of drug-likeness (QED) is 0.929. The number of benzene rings is 1. The van der Waals surface area contributed by atoms with Gasteiger partial charge in [-0.05, 0) is 42.9 Å². The van der Waals surface area contributed by atoms with Gasteiger partial charge in [0.15, 0.2) is 0 Å². The van der Waals surface area contributed by atoms with Crippen LogP contribution in [0, 0.1) is 5.92 Å². The first-order valence-corrected chi connectivity index (χ1v) is 8.81. The van der Waals surface area contributed by atoms with Crippen molar-refractivity contribution in [3.8, 4) is 0 Å². The summed E-state index contributed by atoms with van der Waals surface area (Å²) in [5.41, 5.74) is 3.50. The minimum Gasteiger partial charge on any atom is -0.356 e. The predicted octanol–water partition coefficient (Wildman–Crippen LogP) is 2.83. The van der Waals surface area contributed by atoms with E-state index in [4.69, 9.17) is 0 Å². The van der Waals surface area contributed by atoms with Crippen LogP contribution >= 0.6 is 0 Å². The molecule has 0 aromatic heterocycles. The van der Waals surface area contributed by atoms with Crippen LogP contribution in [-0.4, -0.2) is 25.4 Å². The number of aryl methyl sites for hydroxylation is 1. The van der Waals surface area contributed by atoms with Gasteiger partial charge >= 0.3 is 0 Å². The SMILES string of the molecule is CN1C(=O)CCc2cc(CCNC(=O)C3CCCCC3)ccc21. The summed E-state index contributed by atoms with van der Waals surface area (Å²) in [6.07, 6.45) is 8.01. The molecule has 1 aliphatic carbocycles. The van der Waals surface area contributed by atoms with Gasteiger partial charge < -0.3 is 10.2 Å². The molecule has 4 nitrogen and oxygen atoms in total. The van der Waals surface area contributed by atoms with E-state index in [1.165, 1.54) is 30.4 Å². The number of carbonyl (C=O) groups is 2. The van der Waals surface area contributed by atoms with Crippen LogP contribution in [-0.2, 0) is 22.4 Å². The van der Waals surface area contributed by atoms with Crippen LogP contribution in [0.5, 0.6) is 0 Å². The zero-order chi connectivity index (χ0) is 16.2. The van der Waals surface area contributed by atoms with Gasteiger partial charge in [-0.15, -0.1) is 0 Å². The van der Waals surface area contributed by atoms with Gasteiger partial charge in [-0.25, -0.2) is 0 Å². The highest BCUT2D eigenvalue weighted by Gasteiger charge is 2.22. The summed E-state index contributed by atoms with van der Waals surface area (Å²) in [6, 6.07) is 6.29. The van der Waals surface area contributed by atoms with Crippen LogP contribution in [0.1, 0.15) is 49.7 Å². The summed E-state index contributed by atoms with van der Waals surface area (Å²) in [5, 5.41) is 3.09. The van der Waals surface area contributed by atoms with Gasteiger partial charge in [-0.2, -0.15) is 0 Å². The number of hydrogen-bond acceptors (Lipinski definition) is 2. The van der Waals surface area contributed by atoms with Gasteiger partial charge in [-0.3, -0.25) is 9.59 Å². The monoisotopic (exact) mass is 314 g/mol. The van der Waals surface area contributed by atoms with Crippen LogP contribution in [0.25, 0.3) is 0 Å².